The molecule has 2 aliphatic rings. The lowest BCUT2D eigenvalue weighted by Gasteiger charge is -2.28. The number of thioether (sulfide) groups is 1. The fourth-order valence-electron chi connectivity index (χ4n) is 3.59. The Kier molecular flexibility index (Phi) is 8.13. The van der Waals surface area contributed by atoms with Gasteiger partial charge in [-0.3, -0.25) is 19.3 Å². The van der Waals surface area contributed by atoms with E-state index >= 15 is 0 Å². The molecule has 10 heteroatoms. The lowest BCUT2D eigenvalue weighted by molar-refractivity contribution is -0.139. The topological polar surface area (TPSA) is 76.2 Å². The molecule has 2 aromatic carbocycles. The van der Waals surface area contributed by atoms with Crippen molar-refractivity contribution in [3.05, 3.63) is 66.9 Å². The number of morpholine rings is 1. The maximum absolute atomic E-state index is 12.8. The van der Waals surface area contributed by atoms with Gasteiger partial charge in [-0.2, -0.15) is 0 Å². The molecule has 7 nitrogen and oxygen atoms in total. The number of carbonyl (C=O) groups is 3. The number of halogens is 2. The van der Waals surface area contributed by atoms with Crippen LogP contribution in [-0.4, -0.2) is 59.7 Å². The number of amides is 3. The molecule has 4 rings (SSSR count). The van der Waals surface area contributed by atoms with Crippen LogP contribution in [0.2, 0.25) is 0 Å². The summed E-state index contributed by atoms with van der Waals surface area (Å²) in [5.41, 5.74) is 2.94. The Labute approximate surface area is 218 Å². The SMILES string of the molecule is Cc1cccc(COc2c(Br)cc(/C=C3\SC(=O)N(CC(=O)N4CCOCC4)C3=O)cc2Br)c1. The van der Waals surface area contributed by atoms with Crippen LogP contribution in [0.15, 0.2) is 50.2 Å². The van der Waals surface area contributed by atoms with Gasteiger partial charge in [-0.25, -0.2) is 0 Å². The van der Waals surface area contributed by atoms with Gasteiger partial charge >= 0.3 is 0 Å². The second-order valence-electron chi connectivity index (χ2n) is 7.85. The van der Waals surface area contributed by atoms with Crippen molar-refractivity contribution in [3.63, 3.8) is 0 Å². The molecule has 2 heterocycles. The Hall–Kier alpha value is -2.14. The van der Waals surface area contributed by atoms with Gasteiger partial charge in [0.15, 0.2) is 0 Å². The van der Waals surface area contributed by atoms with E-state index in [0.29, 0.717) is 53.2 Å². The predicted molar refractivity (Wildman–Crippen MR) is 137 cm³/mol. The molecule has 0 N–H and O–H groups in total. The minimum Gasteiger partial charge on any atom is -0.487 e. The van der Waals surface area contributed by atoms with Gasteiger partial charge in [0.25, 0.3) is 11.1 Å². The first-order valence-electron chi connectivity index (χ1n) is 10.6. The van der Waals surface area contributed by atoms with Crippen molar-refractivity contribution in [1.82, 2.24) is 9.80 Å². The molecule has 0 aliphatic carbocycles. The molecular weight excluding hydrogens is 588 g/mol. The Morgan fingerprint density at radius 3 is 2.53 bits per heavy atom. The first kappa shape index (κ1) is 25.0. The van der Waals surface area contributed by atoms with E-state index in [2.05, 4.69) is 37.9 Å². The molecule has 178 valence electrons. The standard InChI is InChI=1S/C24H22Br2N2O5S/c1-15-3-2-4-16(9-15)14-33-22-18(25)10-17(11-19(22)26)12-20-23(30)28(24(31)34-20)13-21(29)27-5-7-32-8-6-27/h2-4,9-12H,5-8,13-14H2,1H3/b20-12-. The first-order chi connectivity index (χ1) is 16.3. The molecule has 34 heavy (non-hydrogen) atoms. The summed E-state index contributed by atoms with van der Waals surface area (Å²) in [6, 6.07) is 11.7. The van der Waals surface area contributed by atoms with Crippen molar-refractivity contribution in [3.8, 4) is 5.75 Å². The minimum atomic E-state index is -0.469. The average molecular weight is 610 g/mol. The van der Waals surface area contributed by atoms with Crippen molar-refractivity contribution in [2.45, 2.75) is 13.5 Å². The van der Waals surface area contributed by atoms with Crippen molar-refractivity contribution >= 4 is 66.8 Å². The maximum Gasteiger partial charge on any atom is 0.294 e. The molecule has 0 spiro atoms. The molecular formula is C24H22Br2N2O5S. The molecule has 2 aliphatic heterocycles. The highest BCUT2D eigenvalue weighted by Gasteiger charge is 2.37. The van der Waals surface area contributed by atoms with E-state index in [4.69, 9.17) is 9.47 Å². The van der Waals surface area contributed by atoms with Crippen LogP contribution in [0.25, 0.3) is 6.08 Å². The van der Waals surface area contributed by atoms with Crippen LogP contribution in [0.1, 0.15) is 16.7 Å². The van der Waals surface area contributed by atoms with Crippen molar-refractivity contribution in [1.29, 1.82) is 0 Å². The first-order valence-corrected chi connectivity index (χ1v) is 13.0. The number of ether oxygens (including phenoxy) is 2. The van der Waals surface area contributed by atoms with Crippen LogP contribution in [0.4, 0.5) is 4.79 Å². The number of nitrogens with zero attached hydrogens (tertiary/aromatic N) is 2. The zero-order valence-electron chi connectivity index (χ0n) is 18.4. The molecule has 0 atom stereocenters. The summed E-state index contributed by atoms with van der Waals surface area (Å²) in [6.45, 7) is 4.03. The average Bonchev–Trinajstić information content (AvgIpc) is 3.06. The molecule has 0 bridgehead atoms. The van der Waals surface area contributed by atoms with Crippen molar-refractivity contribution < 1.29 is 23.9 Å². The number of aryl methyl sites for hydroxylation is 1. The van der Waals surface area contributed by atoms with Gasteiger partial charge < -0.3 is 14.4 Å². The summed E-state index contributed by atoms with van der Waals surface area (Å²) in [6.07, 6.45) is 1.64. The predicted octanol–water partition coefficient (Wildman–Crippen LogP) is 4.99. The zero-order chi connectivity index (χ0) is 24.2. The molecule has 2 saturated heterocycles. The van der Waals surface area contributed by atoms with E-state index in [1.165, 1.54) is 0 Å². The van der Waals surface area contributed by atoms with E-state index in [0.717, 1.165) is 27.8 Å². The summed E-state index contributed by atoms with van der Waals surface area (Å²) in [7, 11) is 0. The third-order valence-electron chi connectivity index (χ3n) is 5.31. The number of hydrogen-bond donors (Lipinski definition) is 0. The van der Waals surface area contributed by atoms with Gasteiger partial charge in [0.1, 0.15) is 18.9 Å². The number of carbonyl (C=O) groups excluding carboxylic acids is 3. The quantitative estimate of drug-likeness (QED) is 0.429. The lowest BCUT2D eigenvalue weighted by atomic mass is 10.1. The van der Waals surface area contributed by atoms with Gasteiger partial charge in [-0.15, -0.1) is 0 Å². The highest BCUT2D eigenvalue weighted by atomic mass is 79.9. The highest BCUT2D eigenvalue weighted by Crippen LogP contribution is 2.38. The maximum atomic E-state index is 12.8. The third kappa shape index (κ3) is 5.91. The molecule has 0 saturated carbocycles. The number of benzene rings is 2. The fourth-order valence-corrected chi connectivity index (χ4v) is 5.88. The largest absolute Gasteiger partial charge is 0.487 e. The summed E-state index contributed by atoms with van der Waals surface area (Å²) < 4.78 is 12.7. The monoisotopic (exact) mass is 608 g/mol. The Bertz CT molecular complexity index is 1140. The van der Waals surface area contributed by atoms with Gasteiger partial charge in [0, 0.05) is 13.1 Å². The van der Waals surface area contributed by atoms with Gasteiger partial charge in [-0.1, -0.05) is 29.8 Å². The minimum absolute atomic E-state index is 0.257. The van der Waals surface area contributed by atoms with Gasteiger partial charge in [0.2, 0.25) is 5.91 Å². The van der Waals surface area contributed by atoms with Crippen LogP contribution in [0, 0.1) is 6.92 Å². The van der Waals surface area contributed by atoms with Crippen LogP contribution in [0.3, 0.4) is 0 Å². The zero-order valence-corrected chi connectivity index (χ0v) is 22.4. The van der Waals surface area contributed by atoms with Crippen LogP contribution in [0.5, 0.6) is 5.75 Å². The Morgan fingerprint density at radius 1 is 1.15 bits per heavy atom. The third-order valence-corrected chi connectivity index (χ3v) is 7.40. The van der Waals surface area contributed by atoms with Gasteiger partial charge in [0.05, 0.1) is 27.1 Å². The molecule has 3 amide bonds. The smallest absolute Gasteiger partial charge is 0.294 e. The molecule has 0 radical (unpaired) electrons. The fraction of sp³-hybridized carbons (Fsp3) is 0.292. The highest BCUT2D eigenvalue weighted by molar-refractivity contribution is 9.11. The van der Waals surface area contributed by atoms with Crippen molar-refractivity contribution in [2.24, 2.45) is 0 Å². The number of rotatable bonds is 6. The Balaban J connectivity index is 1.45. The van der Waals surface area contributed by atoms with E-state index in [1.807, 2.05) is 37.3 Å². The second-order valence-corrected chi connectivity index (χ2v) is 10.6. The van der Waals surface area contributed by atoms with Crippen molar-refractivity contribution in [2.75, 3.05) is 32.8 Å². The molecule has 0 aromatic heterocycles. The van der Waals surface area contributed by atoms with Crippen LogP contribution < -0.4 is 4.74 Å². The van der Waals surface area contributed by atoms with E-state index < -0.39 is 11.1 Å². The molecule has 0 unspecified atom stereocenters. The summed E-state index contributed by atoms with van der Waals surface area (Å²) >= 11 is 7.91. The molecule has 2 aromatic rings. The number of imide groups is 1. The summed E-state index contributed by atoms with van der Waals surface area (Å²) in [5.74, 6) is -0.0843. The van der Waals surface area contributed by atoms with Gasteiger partial charge in [-0.05, 0) is 79.9 Å². The summed E-state index contributed by atoms with van der Waals surface area (Å²) in [5, 5.41) is -0.450. The van der Waals surface area contributed by atoms with Crippen LogP contribution >= 0.6 is 43.6 Å². The van der Waals surface area contributed by atoms with E-state index in [1.54, 1.807) is 11.0 Å². The molecule has 2 fully saturated rings. The van der Waals surface area contributed by atoms with Crippen LogP contribution in [-0.2, 0) is 20.9 Å². The Morgan fingerprint density at radius 2 is 1.85 bits per heavy atom. The lowest BCUT2D eigenvalue weighted by Crippen LogP contribution is -2.46. The normalized spacial score (nSPS) is 17.6. The summed E-state index contributed by atoms with van der Waals surface area (Å²) in [4.78, 5) is 40.6. The number of hydrogen-bond acceptors (Lipinski definition) is 6. The van der Waals surface area contributed by atoms with E-state index in [-0.39, 0.29) is 17.4 Å². The second kappa shape index (κ2) is 11.1. The van der Waals surface area contributed by atoms with E-state index in [9.17, 15) is 14.4 Å².